The van der Waals surface area contributed by atoms with Crippen LogP contribution in [-0.2, 0) is 15.1 Å². The molecule has 5 heteroatoms. The fourth-order valence-electron chi connectivity index (χ4n) is 3.84. The average molecular weight is 409 g/mol. The van der Waals surface area contributed by atoms with Crippen molar-refractivity contribution in [2.75, 3.05) is 6.61 Å². The van der Waals surface area contributed by atoms with Gasteiger partial charge in [-0.25, -0.2) is 0 Å². The van der Waals surface area contributed by atoms with Crippen LogP contribution in [-0.4, -0.2) is 40.6 Å². The van der Waals surface area contributed by atoms with Crippen LogP contribution in [0.2, 0.25) is 0 Å². The van der Waals surface area contributed by atoms with Crippen LogP contribution in [0, 0.1) is 0 Å². The Morgan fingerprint density at radius 3 is 1.48 bits per heavy atom. The average Bonchev–Trinajstić information content (AvgIpc) is 3.03. The Morgan fingerprint density at radius 1 is 0.724 bits per heavy atom. The minimum absolute atomic E-state index is 0.0912. The topological polar surface area (TPSA) is 58.9 Å². The molecule has 0 saturated carbocycles. The van der Waals surface area contributed by atoms with Gasteiger partial charge in [0.15, 0.2) is 0 Å². The Kier molecular flexibility index (Phi) is 6.04. The van der Waals surface area contributed by atoms with Gasteiger partial charge < -0.3 is 19.7 Å². The summed E-state index contributed by atoms with van der Waals surface area (Å²) in [6, 6.07) is 30.0. The maximum Gasteiger partial charge on any atom is 0.143 e. The zero-order chi connectivity index (χ0) is 20.3. The molecule has 0 unspecified atom stereocenters. The van der Waals surface area contributed by atoms with Crippen LogP contribution in [0.15, 0.2) is 91.0 Å². The Bertz CT molecular complexity index is 807. The zero-order valence-electron chi connectivity index (χ0n) is 15.8. The van der Waals surface area contributed by atoms with Crippen molar-refractivity contribution in [2.24, 2.45) is 0 Å². The van der Waals surface area contributed by atoms with E-state index in [1.54, 1.807) is 0 Å². The molecule has 0 spiro atoms. The Morgan fingerprint density at radius 2 is 1.14 bits per heavy atom. The monoisotopic (exact) mass is 408 g/mol. The molecule has 3 aromatic carbocycles. The minimum Gasteiger partial charge on any atom is -0.387 e. The predicted octanol–water partition coefficient (Wildman–Crippen LogP) is 3.37. The number of hydrogen-bond acceptors (Lipinski definition) is 5. The number of aliphatic hydroxyl groups excluding tert-OH is 2. The summed E-state index contributed by atoms with van der Waals surface area (Å²) in [5.41, 5.74) is 1.26. The summed E-state index contributed by atoms with van der Waals surface area (Å²) < 4.78 is 12.2. The molecule has 150 valence electrons. The van der Waals surface area contributed by atoms with Crippen molar-refractivity contribution in [1.82, 2.24) is 0 Å². The number of thiol groups is 1. The van der Waals surface area contributed by atoms with Crippen LogP contribution in [0.5, 0.6) is 0 Å². The molecule has 1 aliphatic heterocycles. The number of aliphatic hydroxyl groups is 2. The lowest BCUT2D eigenvalue weighted by Gasteiger charge is -2.37. The first-order chi connectivity index (χ1) is 14.1. The van der Waals surface area contributed by atoms with Crippen molar-refractivity contribution in [3.63, 3.8) is 0 Å². The number of ether oxygens (including phenoxy) is 2. The van der Waals surface area contributed by atoms with Gasteiger partial charge >= 0.3 is 0 Å². The maximum atomic E-state index is 10.3. The van der Waals surface area contributed by atoms with Crippen molar-refractivity contribution >= 4 is 12.6 Å². The molecule has 29 heavy (non-hydrogen) atoms. The highest BCUT2D eigenvalue weighted by atomic mass is 32.1. The lowest BCUT2D eigenvalue weighted by molar-refractivity contribution is -0.0745. The van der Waals surface area contributed by atoms with Crippen molar-refractivity contribution in [3.8, 4) is 0 Å². The zero-order valence-corrected chi connectivity index (χ0v) is 16.7. The van der Waals surface area contributed by atoms with Gasteiger partial charge in [-0.2, -0.15) is 0 Å². The van der Waals surface area contributed by atoms with Gasteiger partial charge in [0.2, 0.25) is 0 Å². The molecule has 1 heterocycles. The predicted molar refractivity (Wildman–Crippen MR) is 115 cm³/mol. The highest BCUT2D eigenvalue weighted by molar-refractivity contribution is 7.80. The van der Waals surface area contributed by atoms with Crippen LogP contribution in [0.3, 0.4) is 0 Å². The highest BCUT2D eigenvalue weighted by Gasteiger charge is 2.44. The van der Waals surface area contributed by atoms with Crippen LogP contribution < -0.4 is 0 Å². The third kappa shape index (κ3) is 3.84. The molecule has 4 rings (SSSR count). The lowest BCUT2D eigenvalue weighted by Crippen LogP contribution is -2.39. The highest BCUT2D eigenvalue weighted by Crippen LogP contribution is 2.41. The molecular weight excluding hydrogens is 384 g/mol. The van der Waals surface area contributed by atoms with Gasteiger partial charge in [-0.1, -0.05) is 91.0 Å². The van der Waals surface area contributed by atoms with Crippen LogP contribution >= 0.6 is 12.6 Å². The molecular formula is C24H24O4S. The molecule has 0 radical (unpaired) electrons. The summed E-state index contributed by atoms with van der Waals surface area (Å²) in [5.74, 6) is 0. The quantitative estimate of drug-likeness (QED) is 0.432. The van der Waals surface area contributed by atoms with E-state index in [2.05, 4.69) is 12.6 Å². The Balaban J connectivity index is 1.80. The second kappa shape index (κ2) is 8.69. The van der Waals surface area contributed by atoms with E-state index in [-0.39, 0.29) is 6.61 Å². The fourth-order valence-corrected chi connectivity index (χ4v) is 4.17. The van der Waals surface area contributed by atoms with Crippen LogP contribution in [0.1, 0.15) is 16.7 Å². The van der Waals surface area contributed by atoms with Crippen LogP contribution in [0.25, 0.3) is 0 Å². The number of hydrogen-bond donors (Lipinski definition) is 3. The fraction of sp³-hybridized carbons (Fsp3) is 0.250. The van der Waals surface area contributed by atoms with Gasteiger partial charge in [0, 0.05) is 0 Å². The lowest BCUT2D eigenvalue weighted by atomic mass is 9.80. The van der Waals surface area contributed by atoms with E-state index >= 15 is 0 Å². The third-order valence-electron chi connectivity index (χ3n) is 5.34. The summed E-state index contributed by atoms with van der Waals surface area (Å²) in [7, 11) is 0. The van der Waals surface area contributed by atoms with Gasteiger partial charge in [0.05, 0.1) is 6.61 Å². The first-order valence-corrected chi connectivity index (χ1v) is 10.1. The van der Waals surface area contributed by atoms with Crippen molar-refractivity contribution in [2.45, 2.75) is 29.3 Å². The summed E-state index contributed by atoms with van der Waals surface area (Å²) in [5, 5.41) is 20.3. The van der Waals surface area contributed by atoms with Gasteiger partial charge in [0.25, 0.3) is 0 Å². The van der Waals surface area contributed by atoms with Gasteiger partial charge in [-0.3, -0.25) is 0 Å². The second-order valence-electron chi connectivity index (χ2n) is 7.14. The minimum atomic E-state index is -1.06. The van der Waals surface area contributed by atoms with E-state index in [1.165, 1.54) is 0 Å². The molecule has 0 aliphatic carbocycles. The molecule has 2 N–H and O–H groups in total. The molecule has 0 bridgehead atoms. The van der Waals surface area contributed by atoms with E-state index in [4.69, 9.17) is 9.47 Å². The standard InChI is InChI=1S/C24H24O4S/c25-21-20(28-23(29)22(21)26)16-27-24(17-10-4-1-5-11-17,18-12-6-2-7-13-18)19-14-8-3-9-15-19/h1-15,20-23,25-26,29H,16H2/t20-,21+,22-,23+/m0/s1. The molecule has 1 saturated heterocycles. The molecule has 1 fully saturated rings. The molecule has 0 aromatic heterocycles. The Hall–Kier alpha value is -2.15. The molecule has 3 aromatic rings. The molecule has 0 amide bonds. The SMILES string of the molecule is O[C@H]1[C@H](O)[C@@H](S)O[C@H]1COC(c1ccccc1)(c1ccccc1)c1ccccc1. The first-order valence-electron chi connectivity index (χ1n) is 9.63. The van der Waals surface area contributed by atoms with Crippen molar-refractivity contribution in [3.05, 3.63) is 108 Å². The normalized spacial score (nSPS) is 24.5. The van der Waals surface area contributed by atoms with Crippen molar-refractivity contribution < 1.29 is 19.7 Å². The molecule has 4 atom stereocenters. The second-order valence-corrected chi connectivity index (χ2v) is 7.65. The molecule has 1 aliphatic rings. The number of benzene rings is 3. The summed E-state index contributed by atoms with van der Waals surface area (Å²) in [4.78, 5) is 0. The smallest absolute Gasteiger partial charge is 0.143 e. The number of rotatable bonds is 6. The van der Waals surface area contributed by atoms with E-state index in [0.717, 1.165) is 16.7 Å². The van der Waals surface area contributed by atoms with Gasteiger partial charge in [-0.05, 0) is 16.7 Å². The summed E-state index contributed by atoms with van der Waals surface area (Å²) >= 11 is 4.19. The first kappa shape index (κ1) is 20.1. The van der Waals surface area contributed by atoms with Crippen LogP contribution in [0.4, 0.5) is 0 Å². The van der Waals surface area contributed by atoms with E-state index in [0.29, 0.717) is 0 Å². The van der Waals surface area contributed by atoms with E-state index < -0.39 is 29.3 Å². The van der Waals surface area contributed by atoms with E-state index in [1.807, 2.05) is 91.0 Å². The maximum absolute atomic E-state index is 10.3. The summed E-state index contributed by atoms with van der Waals surface area (Å²) in [6.45, 7) is 0.0912. The third-order valence-corrected chi connectivity index (χ3v) is 5.77. The largest absolute Gasteiger partial charge is 0.387 e. The Labute approximate surface area is 176 Å². The van der Waals surface area contributed by atoms with E-state index in [9.17, 15) is 10.2 Å². The van der Waals surface area contributed by atoms with Crippen molar-refractivity contribution in [1.29, 1.82) is 0 Å². The van der Waals surface area contributed by atoms with Gasteiger partial charge in [-0.15, -0.1) is 12.6 Å². The van der Waals surface area contributed by atoms with Gasteiger partial charge in [0.1, 0.15) is 29.3 Å². The summed E-state index contributed by atoms with van der Waals surface area (Å²) in [6.07, 6.45) is -2.79. The molecule has 4 nitrogen and oxygen atoms in total.